The summed E-state index contributed by atoms with van der Waals surface area (Å²) in [4.78, 5) is 12.5. The van der Waals surface area contributed by atoms with E-state index in [-0.39, 0.29) is 16.6 Å². The largest absolute Gasteiger partial charge is 0.347 e. The van der Waals surface area contributed by atoms with Crippen molar-refractivity contribution in [2.75, 3.05) is 5.75 Å². The van der Waals surface area contributed by atoms with Crippen LogP contribution in [-0.2, 0) is 16.9 Å². The molecule has 0 fully saturated rings. The molecule has 1 amide bonds. The number of carbonyl (C=O) groups is 1. The predicted octanol–water partition coefficient (Wildman–Crippen LogP) is 1.63. The summed E-state index contributed by atoms with van der Waals surface area (Å²) in [6.45, 7) is 5.37. The molecule has 0 aliphatic carbocycles. The van der Waals surface area contributed by atoms with E-state index in [4.69, 9.17) is 0 Å². The SMILES string of the molecule is Cc1ccc(S(=O)(=O)C[C@H](C)NC(=O)c2cc(C)nn2C)cc1. The summed E-state index contributed by atoms with van der Waals surface area (Å²) in [5.41, 5.74) is 2.14. The Bertz CT molecular complexity index is 808. The van der Waals surface area contributed by atoms with E-state index in [1.807, 2.05) is 6.92 Å². The molecule has 0 aliphatic heterocycles. The van der Waals surface area contributed by atoms with Gasteiger partial charge in [-0.2, -0.15) is 5.10 Å². The Morgan fingerprint density at radius 2 is 1.87 bits per heavy atom. The quantitative estimate of drug-likeness (QED) is 0.900. The Morgan fingerprint density at radius 3 is 2.39 bits per heavy atom. The number of benzene rings is 1. The van der Waals surface area contributed by atoms with Gasteiger partial charge >= 0.3 is 0 Å². The first-order chi connectivity index (χ1) is 10.7. The molecule has 0 aliphatic rings. The maximum atomic E-state index is 12.4. The summed E-state index contributed by atoms with van der Waals surface area (Å²) in [6, 6.07) is 7.84. The zero-order chi connectivity index (χ0) is 17.2. The number of hydrogen-bond donors (Lipinski definition) is 1. The van der Waals surface area contributed by atoms with Gasteiger partial charge in [-0.3, -0.25) is 9.48 Å². The molecular weight excluding hydrogens is 314 g/mol. The average Bonchev–Trinajstić information content (AvgIpc) is 2.77. The maximum Gasteiger partial charge on any atom is 0.269 e. The predicted molar refractivity (Wildman–Crippen MR) is 88.1 cm³/mol. The number of carbonyl (C=O) groups excluding carboxylic acids is 1. The monoisotopic (exact) mass is 335 g/mol. The van der Waals surface area contributed by atoms with Crippen LogP contribution in [0.15, 0.2) is 35.2 Å². The Labute approximate surface area is 136 Å². The summed E-state index contributed by atoms with van der Waals surface area (Å²) in [5.74, 6) is -0.488. The van der Waals surface area contributed by atoms with E-state index >= 15 is 0 Å². The van der Waals surface area contributed by atoms with Crippen LogP contribution in [0.1, 0.15) is 28.7 Å². The molecule has 7 heteroatoms. The topological polar surface area (TPSA) is 81.1 Å². The fourth-order valence-electron chi connectivity index (χ4n) is 2.33. The summed E-state index contributed by atoms with van der Waals surface area (Å²) in [6.07, 6.45) is 0. The van der Waals surface area contributed by atoms with E-state index in [0.717, 1.165) is 11.3 Å². The van der Waals surface area contributed by atoms with Crippen LogP contribution in [0, 0.1) is 13.8 Å². The number of amides is 1. The summed E-state index contributed by atoms with van der Waals surface area (Å²) < 4.78 is 26.2. The van der Waals surface area contributed by atoms with E-state index in [9.17, 15) is 13.2 Å². The second-order valence-electron chi connectivity index (χ2n) is 5.76. The second kappa shape index (κ2) is 6.54. The Balaban J connectivity index is 2.06. The molecule has 0 radical (unpaired) electrons. The van der Waals surface area contributed by atoms with Gasteiger partial charge in [-0.15, -0.1) is 0 Å². The molecule has 0 unspecified atom stereocenters. The van der Waals surface area contributed by atoms with Crippen molar-refractivity contribution in [1.82, 2.24) is 15.1 Å². The zero-order valence-corrected chi connectivity index (χ0v) is 14.5. The van der Waals surface area contributed by atoms with Gasteiger partial charge < -0.3 is 5.32 Å². The fourth-order valence-corrected chi connectivity index (χ4v) is 3.82. The van der Waals surface area contributed by atoms with Crippen LogP contribution in [0.25, 0.3) is 0 Å². The number of aryl methyl sites for hydroxylation is 3. The number of nitrogens with one attached hydrogen (secondary N) is 1. The minimum atomic E-state index is -3.45. The highest BCUT2D eigenvalue weighted by atomic mass is 32.2. The van der Waals surface area contributed by atoms with Gasteiger partial charge in [0.1, 0.15) is 5.69 Å². The highest BCUT2D eigenvalue weighted by Crippen LogP contribution is 2.13. The third kappa shape index (κ3) is 4.19. The number of rotatable bonds is 5. The second-order valence-corrected chi connectivity index (χ2v) is 7.80. The highest BCUT2D eigenvalue weighted by molar-refractivity contribution is 7.91. The molecule has 0 saturated carbocycles. The Morgan fingerprint density at radius 1 is 1.26 bits per heavy atom. The van der Waals surface area contributed by atoms with Gasteiger partial charge in [-0.05, 0) is 39.0 Å². The van der Waals surface area contributed by atoms with Gasteiger partial charge in [0.2, 0.25) is 0 Å². The molecule has 0 saturated heterocycles. The van der Waals surface area contributed by atoms with Crippen LogP contribution in [0.3, 0.4) is 0 Å². The number of hydrogen-bond acceptors (Lipinski definition) is 4. The lowest BCUT2D eigenvalue weighted by Gasteiger charge is -2.14. The standard InChI is InChI=1S/C16H21N3O3S/c1-11-5-7-14(8-6-11)23(21,22)10-13(3)17-16(20)15-9-12(2)18-19(15)4/h5-9,13H,10H2,1-4H3,(H,17,20)/t13-/m0/s1. The number of sulfone groups is 1. The van der Waals surface area contributed by atoms with Crippen molar-refractivity contribution in [3.63, 3.8) is 0 Å². The van der Waals surface area contributed by atoms with Gasteiger partial charge in [0.25, 0.3) is 5.91 Å². The summed E-state index contributed by atoms with van der Waals surface area (Å²) in [7, 11) is -1.77. The minimum absolute atomic E-state index is 0.154. The van der Waals surface area contributed by atoms with E-state index in [2.05, 4.69) is 10.4 Å². The fraction of sp³-hybridized carbons (Fsp3) is 0.375. The first-order valence-electron chi connectivity index (χ1n) is 7.30. The lowest BCUT2D eigenvalue weighted by atomic mass is 10.2. The van der Waals surface area contributed by atoms with Gasteiger partial charge in [0.05, 0.1) is 16.3 Å². The molecule has 1 aromatic heterocycles. The van der Waals surface area contributed by atoms with E-state index in [1.54, 1.807) is 51.2 Å². The maximum absolute atomic E-state index is 12.4. The molecular formula is C16H21N3O3S. The van der Waals surface area contributed by atoms with E-state index in [1.165, 1.54) is 4.68 Å². The molecule has 2 aromatic rings. The van der Waals surface area contributed by atoms with Gasteiger partial charge in [-0.1, -0.05) is 17.7 Å². The van der Waals surface area contributed by atoms with Gasteiger partial charge in [0, 0.05) is 13.1 Å². The molecule has 0 spiro atoms. The van der Waals surface area contributed by atoms with Crippen molar-refractivity contribution in [2.24, 2.45) is 7.05 Å². The van der Waals surface area contributed by atoms with Crippen LogP contribution in [0.2, 0.25) is 0 Å². The molecule has 1 N–H and O–H groups in total. The Hall–Kier alpha value is -2.15. The Kier molecular flexibility index (Phi) is 4.89. The minimum Gasteiger partial charge on any atom is -0.347 e. The van der Waals surface area contributed by atoms with Gasteiger partial charge in [-0.25, -0.2) is 8.42 Å². The summed E-state index contributed by atoms with van der Waals surface area (Å²) in [5, 5.41) is 6.82. The molecule has 1 aromatic carbocycles. The smallest absolute Gasteiger partial charge is 0.269 e. The molecule has 124 valence electrons. The van der Waals surface area contributed by atoms with Gasteiger partial charge in [0.15, 0.2) is 9.84 Å². The van der Waals surface area contributed by atoms with Crippen LogP contribution >= 0.6 is 0 Å². The van der Waals surface area contributed by atoms with Crippen LogP contribution in [0.5, 0.6) is 0 Å². The zero-order valence-electron chi connectivity index (χ0n) is 13.7. The number of aromatic nitrogens is 2. The average molecular weight is 335 g/mol. The lowest BCUT2D eigenvalue weighted by Crippen LogP contribution is -2.38. The summed E-state index contributed by atoms with van der Waals surface area (Å²) >= 11 is 0. The van der Waals surface area contributed by atoms with Crippen molar-refractivity contribution < 1.29 is 13.2 Å². The number of nitrogens with zero attached hydrogens (tertiary/aromatic N) is 2. The van der Waals surface area contributed by atoms with E-state index < -0.39 is 15.9 Å². The third-order valence-electron chi connectivity index (χ3n) is 3.46. The van der Waals surface area contributed by atoms with Crippen LogP contribution in [-0.4, -0.2) is 35.9 Å². The molecule has 6 nitrogen and oxygen atoms in total. The molecule has 23 heavy (non-hydrogen) atoms. The van der Waals surface area contributed by atoms with Crippen LogP contribution < -0.4 is 5.32 Å². The lowest BCUT2D eigenvalue weighted by molar-refractivity contribution is 0.0934. The molecule has 1 heterocycles. The van der Waals surface area contributed by atoms with Crippen molar-refractivity contribution in [3.05, 3.63) is 47.3 Å². The first-order valence-corrected chi connectivity index (χ1v) is 8.95. The van der Waals surface area contributed by atoms with E-state index in [0.29, 0.717) is 5.69 Å². The normalized spacial score (nSPS) is 12.9. The van der Waals surface area contributed by atoms with Crippen LogP contribution in [0.4, 0.5) is 0 Å². The molecule has 0 bridgehead atoms. The van der Waals surface area contributed by atoms with Crippen molar-refractivity contribution in [1.29, 1.82) is 0 Å². The first kappa shape index (κ1) is 17.2. The molecule has 2 rings (SSSR count). The molecule has 1 atom stereocenters. The van der Waals surface area contributed by atoms with Crippen molar-refractivity contribution >= 4 is 15.7 Å². The van der Waals surface area contributed by atoms with Crippen molar-refractivity contribution in [3.8, 4) is 0 Å². The van der Waals surface area contributed by atoms with Crippen molar-refractivity contribution in [2.45, 2.75) is 31.7 Å². The highest BCUT2D eigenvalue weighted by Gasteiger charge is 2.21. The third-order valence-corrected chi connectivity index (χ3v) is 5.39.